The molecule has 0 amide bonds. The SMILES string of the molecule is Cl/C=C/CNCCc1cccs1. The van der Waals surface area contributed by atoms with Crippen molar-refractivity contribution in [2.45, 2.75) is 6.42 Å². The summed E-state index contributed by atoms with van der Waals surface area (Å²) >= 11 is 7.16. The first-order chi connectivity index (χ1) is 5.93. The molecule has 0 atom stereocenters. The van der Waals surface area contributed by atoms with Gasteiger partial charge in [-0.2, -0.15) is 0 Å². The largest absolute Gasteiger partial charge is 0.313 e. The summed E-state index contributed by atoms with van der Waals surface area (Å²) in [6.07, 6.45) is 3.00. The molecule has 0 fully saturated rings. The summed E-state index contributed by atoms with van der Waals surface area (Å²) in [5, 5.41) is 5.37. The van der Waals surface area contributed by atoms with Crippen LogP contribution in [-0.4, -0.2) is 13.1 Å². The Bertz CT molecular complexity index is 218. The number of hydrogen-bond donors (Lipinski definition) is 1. The van der Waals surface area contributed by atoms with Crippen LogP contribution in [0.4, 0.5) is 0 Å². The lowest BCUT2D eigenvalue weighted by atomic mass is 10.3. The van der Waals surface area contributed by atoms with Gasteiger partial charge < -0.3 is 5.32 Å². The Morgan fingerprint density at radius 1 is 1.58 bits per heavy atom. The van der Waals surface area contributed by atoms with Gasteiger partial charge in [0, 0.05) is 23.5 Å². The normalized spacial score (nSPS) is 11.1. The zero-order valence-electron chi connectivity index (χ0n) is 6.79. The van der Waals surface area contributed by atoms with E-state index >= 15 is 0 Å². The molecule has 0 aliphatic rings. The van der Waals surface area contributed by atoms with Crippen molar-refractivity contribution in [2.24, 2.45) is 0 Å². The summed E-state index contributed by atoms with van der Waals surface area (Å²) in [5.74, 6) is 0. The minimum atomic E-state index is 0.856. The number of nitrogens with one attached hydrogen (secondary N) is 1. The Balaban J connectivity index is 2.03. The quantitative estimate of drug-likeness (QED) is 0.723. The standard InChI is InChI=1S/C9H12ClNS/c10-5-2-6-11-7-4-9-3-1-8-12-9/h1-3,5,8,11H,4,6-7H2/b5-2+. The summed E-state index contributed by atoms with van der Waals surface area (Å²) in [5.41, 5.74) is 1.54. The lowest BCUT2D eigenvalue weighted by Gasteiger charge is -1.98. The Morgan fingerprint density at radius 3 is 3.17 bits per heavy atom. The van der Waals surface area contributed by atoms with Gasteiger partial charge in [-0.05, 0) is 17.9 Å². The first-order valence-corrected chi connectivity index (χ1v) is 5.23. The number of thiophene rings is 1. The predicted molar refractivity (Wildman–Crippen MR) is 55.9 cm³/mol. The van der Waals surface area contributed by atoms with Crippen molar-refractivity contribution in [3.8, 4) is 0 Å². The molecule has 0 saturated heterocycles. The molecule has 1 N–H and O–H groups in total. The maximum Gasteiger partial charge on any atom is 0.0146 e. The Labute approximate surface area is 82.1 Å². The van der Waals surface area contributed by atoms with Crippen molar-refractivity contribution in [1.29, 1.82) is 0 Å². The molecule has 0 saturated carbocycles. The summed E-state index contributed by atoms with van der Waals surface area (Å²) in [6, 6.07) is 4.24. The lowest BCUT2D eigenvalue weighted by molar-refractivity contribution is 0.750. The van der Waals surface area contributed by atoms with Crippen LogP contribution in [0.5, 0.6) is 0 Å². The van der Waals surface area contributed by atoms with E-state index in [9.17, 15) is 0 Å². The van der Waals surface area contributed by atoms with Crippen LogP contribution in [-0.2, 0) is 6.42 Å². The minimum Gasteiger partial charge on any atom is -0.313 e. The van der Waals surface area contributed by atoms with Gasteiger partial charge in [-0.3, -0.25) is 0 Å². The summed E-state index contributed by atoms with van der Waals surface area (Å²) in [6.45, 7) is 1.87. The highest BCUT2D eigenvalue weighted by Crippen LogP contribution is 2.07. The monoisotopic (exact) mass is 201 g/mol. The molecule has 0 aliphatic heterocycles. The van der Waals surface area contributed by atoms with E-state index in [1.54, 1.807) is 11.3 Å². The Kier molecular flexibility index (Phi) is 5.08. The molecule has 0 aliphatic carbocycles. The third kappa shape index (κ3) is 3.90. The van der Waals surface area contributed by atoms with Crippen LogP contribution < -0.4 is 5.32 Å². The fourth-order valence-corrected chi connectivity index (χ4v) is 1.69. The molecule has 0 aromatic carbocycles. The molecule has 1 heterocycles. The fourth-order valence-electron chi connectivity index (χ4n) is 0.896. The van der Waals surface area contributed by atoms with Gasteiger partial charge in [-0.1, -0.05) is 23.7 Å². The molecule has 0 bridgehead atoms. The van der Waals surface area contributed by atoms with E-state index in [4.69, 9.17) is 11.6 Å². The number of hydrogen-bond acceptors (Lipinski definition) is 2. The van der Waals surface area contributed by atoms with Crippen LogP contribution in [0.1, 0.15) is 4.88 Å². The van der Waals surface area contributed by atoms with E-state index in [1.165, 1.54) is 10.4 Å². The average molecular weight is 202 g/mol. The van der Waals surface area contributed by atoms with Crippen LogP contribution in [0, 0.1) is 0 Å². The topological polar surface area (TPSA) is 12.0 Å². The molecule has 1 aromatic heterocycles. The molecule has 1 rings (SSSR count). The summed E-state index contributed by atoms with van der Waals surface area (Å²) in [7, 11) is 0. The van der Waals surface area contributed by atoms with Gasteiger partial charge in [0.25, 0.3) is 0 Å². The predicted octanol–water partition coefficient (Wildman–Crippen LogP) is 2.63. The van der Waals surface area contributed by atoms with Crippen molar-refractivity contribution in [2.75, 3.05) is 13.1 Å². The molecule has 0 spiro atoms. The smallest absolute Gasteiger partial charge is 0.0146 e. The van der Waals surface area contributed by atoms with Crippen molar-refractivity contribution < 1.29 is 0 Å². The lowest BCUT2D eigenvalue weighted by Crippen LogP contribution is -2.16. The Hall–Kier alpha value is -0.310. The van der Waals surface area contributed by atoms with E-state index in [1.807, 2.05) is 6.08 Å². The highest BCUT2D eigenvalue weighted by molar-refractivity contribution is 7.09. The van der Waals surface area contributed by atoms with Crippen molar-refractivity contribution in [1.82, 2.24) is 5.32 Å². The van der Waals surface area contributed by atoms with Gasteiger partial charge >= 0.3 is 0 Å². The molecule has 66 valence electrons. The van der Waals surface area contributed by atoms with Crippen LogP contribution in [0.25, 0.3) is 0 Å². The number of halogens is 1. The van der Waals surface area contributed by atoms with Crippen molar-refractivity contribution >= 4 is 22.9 Å². The first-order valence-electron chi connectivity index (χ1n) is 3.92. The zero-order chi connectivity index (χ0) is 8.65. The molecular weight excluding hydrogens is 190 g/mol. The molecule has 0 radical (unpaired) electrons. The van der Waals surface area contributed by atoms with Crippen LogP contribution >= 0.6 is 22.9 Å². The molecule has 1 aromatic rings. The summed E-state index contributed by atoms with van der Waals surface area (Å²) in [4.78, 5) is 1.43. The van der Waals surface area contributed by atoms with Gasteiger partial charge in [0.2, 0.25) is 0 Å². The second-order valence-corrected chi connectivity index (χ2v) is 3.68. The van der Waals surface area contributed by atoms with Gasteiger partial charge in [0.15, 0.2) is 0 Å². The maximum absolute atomic E-state index is 5.36. The van der Waals surface area contributed by atoms with E-state index in [-0.39, 0.29) is 0 Å². The van der Waals surface area contributed by atoms with E-state index in [2.05, 4.69) is 22.8 Å². The highest BCUT2D eigenvalue weighted by atomic mass is 35.5. The fraction of sp³-hybridized carbons (Fsp3) is 0.333. The van der Waals surface area contributed by atoms with Crippen molar-refractivity contribution in [3.63, 3.8) is 0 Å². The second-order valence-electron chi connectivity index (χ2n) is 2.40. The average Bonchev–Trinajstić information content (AvgIpc) is 2.57. The summed E-state index contributed by atoms with van der Waals surface area (Å²) < 4.78 is 0. The minimum absolute atomic E-state index is 0.856. The van der Waals surface area contributed by atoms with Gasteiger partial charge in [0.1, 0.15) is 0 Å². The molecule has 1 nitrogen and oxygen atoms in total. The highest BCUT2D eigenvalue weighted by Gasteiger charge is 1.90. The molecule has 0 unspecified atom stereocenters. The molecular formula is C9H12ClNS. The van der Waals surface area contributed by atoms with Gasteiger partial charge in [0.05, 0.1) is 0 Å². The maximum atomic E-state index is 5.36. The van der Waals surface area contributed by atoms with E-state index < -0.39 is 0 Å². The van der Waals surface area contributed by atoms with Crippen LogP contribution in [0.3, 0.4) is 0 Å². The van der Waals surface area contributed by atoms with Crippen LogP contribution in [0.2, 0.25) is 0 Å². The van der Waals surface area contributed by atoms with Gasteiger partial charge in [-0.25, -0.2) is 0 Å². The van der Waals surface area contributed by atoms with E-state index in [0.29, 0.717) is 0 Å². The third-order valence-corrected chi connectivity index (χ3v) is 2.59. The zero-order valence-corrected chi connectivity index (χ0v) is 8.37. The van der Waals surface area contributed by atoms with Crippen molar-refractivity contribution in [3.05, 3.63) is 34.0 Å². The molecule has 3 heteroatoms. The number of rotatable bonds is 5. The second kappa shape index (κ2) is 6.23. The molecule has 12 heavy (non-hydrogen) atoms. The van der Waals surface area contributed by atoms with Crippen LogP contribution in [0.15, 0.2) is 29.1 Å². The Morgan fingerprint density at radius 2 is 2.50 bits per heavy atom. The first kappa shape index (κ1) is 9.78. The van der Waals surface area contributed by atoms with Gasteiger partial charge in [-0.15, -0.1) is 11.3 Å². The third-order valence-electron chi connectivity index (χ3n) is 1.48. The van der Waals surface area contributed by atoms with E-state index in [0.717, 1.165) is 19.5 Å².